The number of carbonyl (C=O) groups is 1. The van der Waals surface area contributed by atoms with Gasteiger partial charge in [0.05, 0.1) is 14.2 Å². The average Bonchev–Trinajstić information content (AvgIpc) is 2.68. The van der Waals surface area contributed by atoms with E-state index in [1.165, 1.54) is 14.2 Å². The molecule has 25 heavy (non-hydrogen) atoms. The van der Waals surface area contributed by atoms with Crippen molar-refractivity contribution in [3.63, 3.8) is 0 Å². The molecule has 0 fully saturated rings. The molecule has 0 unspecified atom stereocenters. The molecule has 0 saturated carbocycles. The molecule has 0 amide bonds. The van der Waals surface area contributed by atoms with Crippen molar-refractivity contribution in [2.75, 3.05) is 14.2 Å². The highest BCUT2D eigenvalue weighted by molar-refractivity contribution is 5.78. The van der Waals surface area contributed by atoms with Crippen molar-refractivity contribution < 1.29 is 19.0 Å². The summed E-state index contributed by atoms with van der Waals surface area (Å²) in [5, 5.41) is 0. The molecule has 0 aliphatic heterocycles. The second kappa shape index (κ2) is 7.53. The van der Waals surface area contributed by atoms with Crippen molar-refractivity contribution in [2.24, 2.45) is 0 Å². The van der Waals surface area contributed by atoms with Gasteiger partial charge in [0.15, 0.2) is 11.5 Å². The molecular weight excluding hydrogens is 316 g/mol. The number of ether oxygens (including phenoxy) is 3. The van der Waals surface area contributed by atoms with E-state index in [1.54, 1.807) is 12.1 Å². The Labute approximate surface area is 146 Å². The van der Waals surface area contributed by atoms with Crippen molar-refractivity contribution in [1.82, 2.24) is 0 Å². The topological polar surface area (TPSA) is 44.8 Å². The van der Waals surface area contributed by atoms with E-state index in [2.05, 4.69) is 12.1 Å². The third kappa shape index (κ3) is 3.63. The van der Waals surface area contributed by atoms with Crippen molar-refractivity contribution in [1.29, 1.82) is 0 Å². The zero-order valence-electron chi connectivity index (χ0n) is 14.1. The molecule has 4 nitrogen and oxygen atoms in total. The smallest absolute Gasteiger partial charge is 0.203 e. The minimum absolute atomic E-state index is 0.427. The predicted molar refractivity (Wildman–Crippen MR) is 96.9 cm³/mol. The van der Waals surface area contributed by atoms with Gasteiger partial charge in [0, 0.05) is 5.56 Å². The first-order chi connectivity index (χ1) is 12.2. The van der Waals surface area contributed by atoms with E-state index in [0.29, 0.717) is 28.6 Å². The molecule has 3 aromatic rings. The summed E-state index contributed by atoms with van der Waals surface area (Å²) in [7, 11) is 3.05. The van der Waals surface area contributed by atoms with Crippen LogP contribution < -0.4 is 14.2 Å². The van der Waals surface area contributed by atoms with Crippen molar-refractivity contribution in [2.45, 2.75) is 0 Å². The molecule has 126 valence electrons. The number of methoxy groups -OCH3 is 2. The number of aldehydes is 1. The summed E-state index contributed by atoms with van der Waals surface area (Å²) in [5.74, 6) is 1.96. The lowest BCUT2D eigenvalue weighted by Gasteiger charge is -2.14. The molecule has 0 heterocycles. The number of rotatable bonds is 6. The SMILES string of the molecule is COc1cc(C=O)cc(Oc2ccc(-c3ccccc3)cc2)c1OC. The fraction of sp³-hybridized carbons (Fsp3) is 0.0952. The van der Waals surface area contributed by atoms with Gasteiger partial charge in [0.1, 0.15) is 12.0 Å². The van der Waals surface area contributed by atoms with Crippen LogP contribution in [0.25, 0.3) is 11.1 Å². The largest absolute Gasteiger partial charge is 0.493 e. The van der Waals surface area contributed by atoms with Crippen LogP contribution in [0.15, 0.2) is 66.7 Å². The molecule has 0 bridgehead atoms. The molecule has 4 heteroatoms. The van der Waals surface area contributed by atoms with Crippen molar-refractivity contribution in [3.8, 4) is 34.1 Å². The normalized spacial score (nSPS) is 10.2. The van der Waals surface area contributed by atoms with Crippen LogP contribution in [0.1, 0.15) is 10.4 Å². The summed E-state index contributed by atoms with van der Waals surface area (Å²) in [4.78, 5) is 11.1. The summed E-state index contributed by atoms with van der Waals surface area (Å²) < 4.78 is 16.5. The monoisotopic (exact) mass is 334 g/mol. The van der Waals surface area contributed by atoms with Gasteiger partial charge >= 0.3 is 0 Å². The maximum atomic E-state index is 11.1. The Hall–Kier alpha value is -3.27. The molecule has 0 N–H and O–H groups in total. The van der Waals surface area contributed by atoms with Crippen LogP contribution >= 0.6 is 0 Å². The van der Waals surface area contributed by atoms with Crippen LogP contribution in [0.3, 0.4) is 0 Å². The average molecular weight is 334 g/mol. The van der Waals surface area contributed by atoms with Gasteiger partial charge in [-0.3, -0.25) is 4.79 Å². The predicted octanol–water partition coefficient (Wildman–Crippen LogP) is 4.98. The third-order valence-electron chi connectivity index (χ3n) is 3.79. The van der Waals surface area contributed by atoms with E-state index in [-0.39, 0.29) is 0 Å². The van der Waals surface area contributed by atoms with Gasteiger partial charge in [-0.25, -0.2) is 0 Å². The lowest BCUT2D eigenvalue weighted by Crippen LogP contribution is -1.96. The fourth-order valence-corrected chi connectivity index (χ4v) is 2.57. The lowest BCUT2D eigenvalue weighted by atomic mass is 10.1. The third-order valence-corrected chi connectivity index (χ3v) is 3.79. The summed E-state index contributed by atoms with van der Waals surface area (Å²) in [6.07, 6.45) is 0.743. The first kappa shape index (κ1) is 16.6. The van der Waals surface area contributed by atoms with E-state index in [9.17, 15) is 4.79 Å². The van der Waals surface area contributed by atoms with Gasteiger partial charge in [-0.05, 0) is 35.4 Å². The summed E-state index contributed by atoms with van der Waals surface area (Å²) in [6.45, 7) is 0. The highest BCUT2D eigenvalue weighted by Gasteiger charge is 2.14. The molecule has 0 aliphatic carbocycles. The Bertz CT molecular complexity index is 855. The van der Waals surface area contributed by atoms with Crippen LogP contribution in [0, 0.1) is 0 Å². The van der Waals surface area contributed by atoms with Crippen LogP contribution in [-0.4, -0.2) is 20.5 Å². The maximum Gasteiger partial charge on any atom is 0.203 e. The maximum absolute atomic E-state index is 11.1. The number of hydrogen-bond donors (Lipinski definition) is 0. The zero-order valence-corrected chi connectivity index (χ0v) is 14.1. The number of carbonyl (C=O) groups excluding carboxylic acids is 1. The highest BCUT2D eigenvalue weighted by atomic mass is 16.5. The molecule has 0 spiro atoms. The second-order valence-electron chi connectivity index (χ2n) is 5.36. The van der Waals surface area contributed by atoms with Crippen LogP contribution in [0.4, 0.5) is 0 Å². The summed E-state index contributed by atoms with van der Waals surface area (Å²) in [5.41, 5.74) is 2.68. The van der Waals surface area contributed by atoms with E-state index < -0.39 is 0 Å². The van der Waals surface area contributed by atoms with Gasteiger partial charge in [0.2, 0.25) is 5.75 Å². The Morgan fingerprint density at radius 3 is 2.00 bits per heavy atom. The standard InChI is InChI=1S/C21H18O4/c1-23-19-12-15(14-22)13-20(21(19)24-2)25-18-10-8-17(9-11-18)16-6-4-3-5-7-16/h3-14H,1-2H3. The van der Waals surface area contributed by atoms with Gasteiger partial charge in [-0.2, -0.15) is 0 Å². The first-order valence-corrected chi connectivity index (χ1v) is 7.79. The second-order valence-corrected chi connectivity index (χ2v) is 5.36. The van der Waals surface area contributed by atoms with Crippen LogP contribution in [-0.2, 0) is 0 Å². The molecule has 0 radical (unpaired) electrons. The van der Waals surface area contributed by atoms with Gasteiger partial charge in [-0.15, -0.1) is 0 Å². The van der Waals surface area contributed by atoms with Gasteiger partial charge in [0.25, 0.3) is 0 Å². The van der Waals surface area contributed by atoms with E-state index in [4.69, 9.17) is 14.2 Å². The fourth-order valence-electron chi connectivity index (χ4n) is 2.57. The molecule has 0 atom stereocenters. The zero-order chi connectivity index (χ0) is 17.6. The van der Waals surface area contributed by atoms with Crippen LogP contribution in [0.5, 0.6) is 23.0 Å². The molecule has 3 aromatic carbocycles. The summed E-state index contributed by atoms with van der Waals surface area (Å²) in [6, 6.07) is 21.1. The Kier molecular flexibility index (Phi) is 5.00. The molecular formula is C21H18O4. The molecule has 0 aromatic heterocycles. The van der Waals surface area contributed by atoms with Crippen molar-refractivity contribution in [3.05, 3.63) is 72.3 Å². The van der Waals surface area contributed by atoms with Gasteiger partial charge in [-0.1, -0.05) is 42.5 Å². The quantitative estimate of drug-likeness (QED) is 0.597. The van der Waals surface area contributed by atoms with E-state index in [1.807, 2.05) is 42.5 Å². The van der Waals surface area contributed by atoms with Gasteiger partial charge < -0.3 is 14.2 Å². The van der Waals surface area contributed by atoms with E-state index >= 15 is 0 Å². The highest BCUT2D eigenvalue weighted by Crippen LogP contribution is 2.40. The Balaban J connectivity index is 1.91. The molecule has 0 saturated heterocycles. The first-order valence-electron chi connectivity index (χ1n) is 7.79. The van der Waals surface area contributed by atoms with Crippen LogP contribution in [0.2, 0.25) is 0 Å². The molecule has 3 rings (SSSR count). The summed E-state index contributed by atoms with van der Waals surface area (Å²) >= 11 is 0. The van der Waals surface area contributed by atoms with E-state index in [0.717, 1.165) is 17.4 Å². The Morgan fingerprint density at radius 1 is 0.760 bits per heavy atom. The van der Waals surface area contributed by atoms with Crippen molar-refractivity contribution >= 4 is 6.29 Å². The number of hydrogen-bond acceptors (Lipinski definition) is 4. The minimum atomic E-state index is 0.427. The Morgan fingerprint density at radius 2 is 1.40 bits per heavy atom. The minimum Gasteiger partial charge on any atom is -0.493 e. The molecule has 0 aliphatic rings. The lowest BCUT2D eigenvalue weighted by molar-refractivity contribution is 0.112. The number of benzene rings is 3.